The zero-order valence-corrected chi connectivity index (χ0v) is 12.2. The molecular formula is C15H17FN2OS. The highest BCUT2D eigenvalue weighted by Crippen LogP contribution is 2.35. The average molecular weight is 292 g/mol. The minimum atomic E-state index is -0.294. The summed E-state index contributed by atoms with van der Waals surface area (Å²) < 4.78 is 19.3. The second kappa shape index (κ2) is 5.89. The van der Waals surface area contributed by atoms with Crippen molar-refractivity contribution in [2.24, 2.45) is 0 Å². The molecule has 1 fully saturated rings. The minimum absolute atomic E-state index is 0.294. The van der Waals surface area contributed by atoms with Crippen LogP contribution in [-0.4, -0.2) is 18.6 Å². The highest BCUT2D eigenvalue weighted by molar-refractivity contribution is 7.10. The van der Waals surface area contributed by atoms with E-state index in [1.165, 1.54) is 18.9 Å². The Morgan fingerprint density at radius 2 is 2.30 bits per heavy atom. The van der Waals surface area contributed by atoms with Crippen LogP contribution in [0.2, 0.25) is 0 Å². The standard InChI is InChI=1S/C15H17FN2OS/c1-19-13-7-4-5-10(16)14(13)12-9-20-15(18-12)11-6-2-3-8-17-11/h4-5,7,9,11,17H,2-3,6,8H2,1H3. The van der Waals surface area contributed by atoms with E-state index in [1.54, 1.807) is 30.6 Å². The molecular weight excluding hydrogens is 275 g/mol. The molecule has 1 aliphatic heterocycles. The second-order valence-corrected chi connectivity index (χ2v) is 5.78. The molecule has 0 bridgehead atoms. The first kappa shape index (κ1) is 13.5. The van der Waals surface area contributed by atoms with Gasteiger partial charge in [-0.2, -0.15) is 0 Å². The molecule has 1 atom stereocenters. The zero-order valence-electron chi connectivity index (χ0n) is 11.4. The summed E-state index contributed by atoms with van der Waals surface area (Å²) >= 11 is 1.58. The van der Waals surface area contributed by atoms with Crippen LogP contribution in [0, 0.1) is 5.82 Å². The molecule has 0 radical (unpaired) electrons. The van der Waals surface area contributed by atoms with Crippen LogP contribution in [0.4, 0.5) is 4.39 Å². The fourth-order valence-electron chi connectivity index (χ4n) is 2.55. The summed E-state index contributed by atoms with van der Waals surface area (Å²) in [5.74, 6) is 0.233. The molecule has 3 rings (SSSR count). The van der Waals surface area contributed by atoms with Crippen molar-refractivity contribution < 1.29 is 9.13 Å². The maximum Gasteiger partial charge on any atom is 0.136 e. The molecule has 0 saturated carbocycles. The SMILES string of the molecule is COc1cccc(F)c1-c1csc(C2CCCCN2)n1. The van der Waals surface area contributed by atoms with Crippen LogP contribution >= 0.6 is 11.3 Å². The zero-order chi connectivity index (χ0) is 13.9. The van der Waals surface area contributed by atoms with Gasteiger partial charge in [-0.1, -0.05) is 12.5 Å². The summed E-state index contributed by atoms with van der Waals surface area (Å²) in [5.41, 5.74) is 1.11. The van der Waals surface area contributed by atoms with E-state index in [9.17, 15) is 4.39 Å². The number of thiazole rings is 1. The Morgan fingerprint density at radius 1 is 1.40 bits per heavy atom. The Balaban J connectivity index is 1.93. The molecule has 1 saturated heterocycles. The lowest BCUT2D eigenvalue weighted by molar-refractivity contribution is 0.410. The number of rotatable bonds is 3. The summed E-state index contributed by atoms with van der Waals surface area (Å²) in [6.45, 7) is 1.03. The molecule has 5 heteroatoms. The highest BCUT2D eigenvalue weighted by Gasteiger charge is 2.20. The van der Waals surface area contributed by atoms with Crippen LogP contribution in [0.3, 0.4) is 0 Å². The van der Waals surface area contributed by atoms with E-state index in [-0.39, 0.29) is 5.82 Å². The molecule has 0 spiro atoms. The van der Waals surface area contributed by atoms with E-state index in [1.807, 2.05) is 5.38 Å². The number of aromatic nitrogens is 1. The summed E-state index contributed by atoms with van der Waals surface area (Å²) in [6, 6.07) is 5.15. The first-order chi connectivity index (χ1) is 9.79. The van der Waals surface area contributed by atoms with Gasteiger partial charge in [0.25, 0.3) is 0 Å². The molecule has 1 unspecified atom stereocenters. The third kappa shape index (κ3) is 2.55. The minimum Gasteiger partial charge on any atom is -0.496 e. The van der Waals surface area contributed by atoms with Gasteiger partial charge in [-0.3, -0.25) is 0 Å². The third-order valence-corrected chi connectivity index (χ3v) is 4.54. The summed E-state index contributed by atoms with van der Waals surface area (Å²) in [5, 5.41) is 6.41. The molecule has 0 aliphatic carbocycles. The Kier molecular flexibility index (Phi) is 3.98. The van der Waals surface area contributed by atoms with Crippen LogP contribution in [0.15, 0.2) is 23.6 Å². The largest absolute Gasteiger partial charge is 0.496 e. The van der Waals surface area contributed by atoms with Crippen molar-refractivity contribution in [3.63, 3.8) is 0 Å². The number of hydrogen-bond donors (Lipinski definition) is 1. The molecule has 3 nitrogen and oxygen atoms in total. The average Bonchev–Trinajstić information content (AvgIpc) is 2.97. The van der Waals surface area contributed by atoms with Crippen molar-refractivity contribution in [3.8, 4) is 17.0 Å². The van der Waals surface area contributed by atoms with Crippen molar-refractivity contribution in [1.29, 1.82) is 0 Å². The normalized spacial score (nSPS) is 19.0. The van der Waals surface area contributed by atoms with Gasteiger partial charge in [-0.15, -0.1) is 11.3 Å². The number of ether oxygens (including phenoxy) is 1. The maximum atomic E-state index is 14.0. The summed E-state index contributed by atoms with van der Waals surface area (Å²) in [7, 11) is 1.55. The van der Waals surface area contributed by atoms with Crippen LogP contribution in [0.1, 0.15) is 30.3 Å². The lowest BCUT2D eigenvalue weighted by Gasteiger charge is -2.21. The van der Waals surface area contributed by atoms with Gasteiger partial charge in [-0.05, 0) is 31.5 Å². The molecule has 2 aromatic rings. The smallest absolute Gasteiger partial charge is 0.136 e. The number of benzene rings is 1. The fraction of sp³-hybridized carbons (Fsp3) is 0.400. The van der Waals surface area contributed by atoms with Gasteiger partial charge in [-0.25, -0.2) is 9.37 Å². The molecule has 20 heavy (non-hydrogen) atoms. The Hall–Kier alpha value is -1.46. The lowest BCUT2D eigenvalue weighted by Crippen LogP contribution is -2.26. The predicted octanol–water partition coefficient (Wildman–Crippen LogP) is 3.77. The maximum absolute atomic E-state index is 14.0. The van der Waals surface area contributed by atoms with Crippen molar-refractivity contribution in [2.75, 3.05) is 13.7 Å². The predicted molar refractivity (Wildman–Crippen MR) is 78.7 cm³/mol. The molecule has 1 N–H and O–H groups in total. The van der Waals surface area contributed by atoms with Crippen molar-refractivity contribution in [2.45, 2.75) is 25.3 Å². The number of halogens is 1. The van der Waals surface area contributed by atoms with Gasteiger partial charge < -0.3 is 10.1 Å². The van der Waals surface area contributed by atoms with E-state index < -0.39 is 0 Å². The highest BCUT2D eigenvalue weighted by atomic mass is 32.1. The molecule has 1 aromatic carbocycles. The number of nitrogens with zero attached hydrogens (tertiary/aromatic N) is 1. The van der Waals surface area contributed by atoms with Gasteiger partial charge in [0.05, 0.1) is 24.4 Å². The van der Waals surface area contributed by atoms with Gasteiger partial charge in [0.2, 0.25) is 0 Å². The number of nitrogens with one attached hydrogen (secondary N) is 1. The quantitative estimate of drug-likeness (QED) is 0.935. The monoisotopic (exact) mass is 292 g/mol. The summed E-state index contributed by atoms with van der Waals surface area (Å²) in [6.07, 6.45) is 3.53. The first-order valence-corrected chi connectivity index (χ1v) is 7.69. The van der Waals surface area contributed by atoms with Crippen LogP contribution in [0.5, 0.6) is 5.75 Å². The van der Waals surface area contributed by atoms with Gasteiger partial charge in [0.1, 0.15) is 16.6 Å². The van der Waals surface area contributed by atoms with Crippen molar-refractivity contribution in [3.05, 3.63) is 34.4 Å². The molecule has 1 aliphatic rings. The fourth-order valence-corrected chi connectivity index (χ4v) is 3.47. The second-order valence-electron chi connectivity index (χ2n) is 4.89. The van der Waals surface area contributed by atoms with Gasteiger partial charge in [0.15, 0.2) is 0 Å². The van der Waals surface area contributed by atoms with E-state index in [0.717, 1.165) is 18.0 Å². The van der Waals surface area contributed by atoms with Crippen molar-refractivity contribution >= 4 is 11.3 Å². The third-order valence-electron chi connectivity index (χ3n) is 3.58. The Bertz CT molecular complexity index is 593. The van der Waals surface area contributed by atoms with E-state index in [2.05, 4.69) is 10.3 Å². The van der Waals surface area contributed by atoms with E-state index in [4.69, 9.17) is 4.74 Å². The Morgan fingerprint density at radius 3 is 3.05 bits per heavy atom. The van der Waals surface area contributed by atoms with E-state index >= 15 is 0 Å². The van der Waals surface area contributed by atoms with Crippen molar-refractivity contribution in [1.82, 2.24) is 10.3 Å². The van der Waals surface area contributed by atoms with Crippen LogP contribution in [-0.2, 0) is 0 Å². The topological polar surface area (TPSA) is 34.1 Å². The van der Waals surface area contributed by atoms with Gasteiger partial charge >= 0.3 is 0 Å². The molecule has 106 valence electrons. The number of methoxy groups -OCH3 is 1. The number of hydrogen-bond acceptors (Lipinski definition) is 4. The Labute approximate surface area is 121 Å². The van der Waals surface area contributed by atoms with Gasteiger partial charge in [0, 0.05) is 5.38 Å². The molecule has 1 aromatic heterocycles. The first-order valence-electron chi connectivity index (χ1n) is 6.81. The molecule has 0 amide bonds. The number of piperidine rings is 1. The lowest BCUT2D eigenvalue weighted by atomic mass is 10.1. The molecule has 2 heterocycles. The van der Waals surface area contributed by atoms with Crippen LogP contribution < -0.4 is 10.1 Å². The summed E-state index contributed by atoms with van der Waals surface area (Å²) in [4.78, 5) is 4.61. The van der Waals surface area contributed by atoms with Crippen LogP contribution in [0.25, 0.3) is 11.3 Å². The van der Waals surface area contributed by atoms with E-state index in [0.29, 0.717) is 23.0 Å².